The van der Waals surface area contributed by atoms with Crippen molar-refractivity contribution in [2.45, 2.75) is 13.8 Å². The van der Waals surface area contributed by atoms with Gasteiger partial charge in [-0.3, -0.25) is 9.59 Å². The van der Waals surface area contributed by atoms with Gasteiger partial charge in [0.25, 0.3) is 11.8 Å². The molecule has 0 aliphatic carbocycles. The monoisotopic (exact) mass is 714 g/mol. The lowest BCUT2D eigenvalue weighted by atomic mass is 10.1. The molecule has 0 saturated heterocycles. The zero-order valence-electron chi connectivity index (χ0n) is 29.1. The van der Waals surface area contributed by atoms with E-state index in [-0.39, 0.29) is 33.3 Å². The number of rotatable bonds is 15. The summed E-state index contributed by atoms with van der Waals surface area (Å²) >= 11 is 6.24. The number of methoxy groups -OCH3 is 4. The summed E-state index contributed by atoms with van der Waals surface area (Å²) < 4.78 is 27.0. The Kier molecular flexibility index (Phi) is 13.4. The number of anilines is 1. The van der Waals surface area contributed by atoms with Crippen LogP contribution in [0.1, 0.15) is 45.7 Å². The Labute approximate surface area is 301 Å². The second-order valence-electron chi connectivity index (χ2n) is 10.7. The van der Waals surface area contributed by atoms with Crippen molar-refractivity contribution < 1.29 is 38.1 Å². The highest BCUT2D eigenvalue weighted by atomic mass is 35.5. The molecule has 0 spiro atoms. The Hall–Kier alpha value is -6.01. The predicted octanol–water partition coefficient (Wildman–Crippen LogP) is 6.36. The Balaban J connectivity index is 1.53. The molecule has 0 aliphatic rings. The smallest absolute Gasteiger partial charge is 0.343 e. The summed E-state index contributed by atoms with van der Waals surface area (Å²) in [6.45, 7) is 5.84. The van der Waals surface area contributed by atoms with E-state index in [1.807, 2.05) is 24.3 Å². The second-order valence-corrected chi connectivity index (χ2v) is 11.1. The number of benzene rings is 4. The Morgan fingerprint density at radius 3 is 1.98 bits per heavy atom. The van der Waals surface area contributed by atoms with Gasteiger partial charge in [0, 0.05) is 18.8 Å². The van der Waals surface area contributed by atoms with E-state index in [1.54, 1.807) is 42.5 Å². The molecule has 0 atom stereocenters. The quantitative estimate of drug-likeness (QED) is 0.0474. The van der Waals surface area contributed by atoms with E-state index in [2.05, 4.69) is 34.6 Å². The molecule has 0 aromatic heterocycles. The van der Waals surface area contributed by atoms with Crippen LogP contribution in [-0.4, -0.2) is 65.5 Å². The first kappa shape index (κ1) is 37.8. The highest BCUT2D eigenvalue weighted by molar-refractivity contribution is 6.34. The minimum absolute atomic E-state index is 0.0562. The van der Waals surface area contributed by atoms with Crippen molar-refractivity contribution in [3.63, 3.8) is 0 Å². The number of ether oxygens (including phenoxy) is 5. The van der Waals surface area contributed by atoms with E-state index in [0.29, 0.717) is 28.4 Å². The van der Waals surface area contributed by atoms with Crippen LogP contribution in [0.25, 0.3) is 6.08 Å². The minimum atomic E-state index is -0.693. The van der Waals surface area contributed by atoms with Gasteiger partial charge < -0.3 is 33.9 Å². The summed E-state index contributed by atoms with van der Waals surface area (Å²) in [5.74, 6) is -0.654. The molecule has 0 heterocycles. The van der Waals surface area contributed by atoms with Gasteiger partial charge in [-0.2, -0.15) is 5.10 Å². The van der Waals surface area contributed by atoms with Gasteiger partial charge in [-0.05, 0) is 85.6 Å². The molecule has 13 heteroatoms. The summed E-state index contributed by atoms with van der Waals surface area (Å²) in [6, 6.07) is 21.8. The molecule has 0 radical (unpaired) electrons. The van der Waals surface area contributed by atoms with Gasteiger partial charge in [-0.15, -0.1) is 0 Å². The molecule has 2 N–H and O–H groups in total. The van der Waals surface area contributed by atoms with Crippen LogP contribution in [0, 0.1) is 0 Å². The molecule has 0 saturated carbocycles. The summed E-state index contributed by atoms with van der Waals surface area (Å²) in [5, 5.41) is 6.97. The van der Waals surface area contributed by atoms with Crippen molar-refractivity contribution in [3.8, 4) is 28.7 Å². The minimum Gasteiger partial charge on any atom is -0.493 e. The molecule has 4 aromatic carbocycles. The topological polar surface area (TPSA) is 137 Å². The molecule has 2 amide bonds. The third-order valence-corrected chi connectivity index (χ3v) is 7.94. The lowest BCUT2D eigenvalue weighted by molar-refractivity contribution is -0.117. The Bertz CT molecular complexity index is 1900. The molecule has 0 aliphatic heterocycles. The van der Waals surface area contributed by atoms with Gasteiger partial charge in [0.1, 0.15) is 5.70 Å². The van der Waals surface area contributed by atoms with Crippen LogP contribution in [0.3, 0.4) is 0 Å². The molecule has 4 rings (SSSR count). The third kappa shape index (κ3) is 9.58. The molecule has 266 valence electrons. The Morgan fingerprint density at radius 1 is 0.765 bits per heavy atom. The molecule has 0 unspecified atom stereocenters. The molecule has 51 heavy (non-hydrogen) atoms. The van der Waals surface area contributed by atoms with E-state index in [4.69, 9.17) is 35.3 Å². The summed E-state index contributed by atoms with van der Waals surface area (Å²) in [6.07, 6.45) is 2.92. The fraction of sp³-hybridized carbons (Fsp3) is 0.211. The first-order valence-electron chi connectivity index (χ1n) is 15.8. The summed E-state index contributed by atoms with van der Waals surface area (Å²) in [7, 11) is 5.76. The fourth-order valence-corrected chi connectivity index (χ4v) is 5.18. The van der Waals surface area contributed by atoms with Crippen molar-refractivity contribution in [2.75, 3.05) is 46.4 Å². The van der Waals surface area contributed by atoms with E-state index < -0.39 is 17.8 Å². The van der Waals surface area contributed by atoms with Gasteiger partial charge in [-0.1, -0.05) is 35.9 Å². The normalized spacial score (nSPS) is 11.1. The molecule has 0 bridgehead atoms. The lowest BCUT2D eigenvalue weighted by Gasteiger charge is -2.21. The first-order valence-corrected chi connectivity index (χ1v) is 16.2. The number of halogens is 1. The van der Waals surface area contributed by atoms with Crippen LogP contribution in [0.5, 0.6) is 28.7 Å². The van der Waals surface area contributed by atoms with Gasteiger partial charge in [0.15, 0.2) is 23.0 Å². The standard InChI is InChI=1S/C38H39ClN4O8/c1-7-43(8-2)27-16-13-24(14-17-27)19-30(41-36(44)28-11-9-10-12-29(28)39)37(45)42-40-23-25-15-18-31(32(20-25)47-3)51-38(46)26-21-33(48-4)35(50-6)34(22-26)49-5/h9-23H,7-8H2,1-6H3,(H,41,44)(H,42,45)/b30-19+,40-23-. The third-order valence-electron chi connectivity index (χ3n) is 7.61. The molecular weight excluding hydrogens is 676 g/mol. The van der Waals surface area contributed by atoms with Gasteiger partial charge in [0.05, 0.1) is 50.8 Å². The van der Waals surface area contributed by atoms with Gasteiger partial charge in [-0.25, -0.2) is 10.2 Å². The van der Waals surface area contributed by atoms with Crippen LogP contribution < -0.4 is 39.3 Å². The highest BCUT2D eigenvalue weighted by Crippen LogP contribution is 2.39. The number of hydrogen-bond donors (Lipinski definition) is 2. The SMILES string of the molecule is CCN(CC)c1ccc(/C=C(/NC(=O)c2ccccc2Cl)C(=O)N/N=C\c2ccc(OC(=O)c3cc(OC)c(OC)c(OC)c3)c(OC)c2)cc1. The van der Waals surface area contributed by atoms with Crippen LogP contribution in [0.15, 0.2) is 89.7 Å². The molecule has 4 aromatic rings. The zero-order chi connectivity index (χ0) is 36.9. The number of carbonyl (C=O) groups is 3. The average Bonchev–Trinajstić information content (AvgIpc) is 3.15. The largest absolute Gasteiger partial charge is 0.493 e. The van der Waals surface area contributed by atoms with Gasteiger partial charge in [0.2, 0.25) is 5.75 Å². The number of esters is 1. The van der Waals surface area contributed by atoms with Crippen LogP contribution >= 0.6 is 11.6 Å². The molecular formula is C38H39ClN4O8. The van der Waals surface area contributed by atoms with E-state index >= 15 is 0 Å². The maximum absolute atomic E-state index is 13.4. The van der Waals surface area contributed by atoms with E-state index in [0.717, 1.165) is 18.8 Å². The highest BCUT2D eigenvalue weighted by Gasteiger charge is 2.20. The first-order chi connectivity index (χ1) is 24.6. The average molecular weight is 715 g/mol. The number of nitrogens with zero attached hydrogens (tertiary/aromatic N) is 2. The summed E-state index contributed by atoms with van der Waals surface area (Å²) in [4.78, 5) is 41.7. The van der Waals surface area contributed by atoms with Crippen LogP contribution in [0.2, 0.25) is 5.02 Å². The van der Waals surface area contributed by atoms with Crippen molar-refractivity contribution >= 4 is 47.4 Å². The van der Waals surface area contributed by atoms with E-state index in [9.17, 15) is 14.4 Å². The van der Waals surface area contributed by atoms with E-state index in [1.165, 1.54) is 52.9 Å². The van der Waals surface area contributed by atoms with Crippen LogP contribution in [0.4, 0.5) is 5.69 Å². The number of amides is 2. The van der Waals surface area contributed by atoms with Crippen molar-refractivity contribution in [1.29, 1.82) is 0 Å². The van der Waals surface area contributed by atoms with Crippen molar-refractivity contribution in [2.24, 2.45) is 5.10 Å². The second kappa shape index (κ2) is 18.1. The van der Waals surface area contributed by atoms with Gasteiger partial charge >= 0.3 is 5.97 Å². The Morgan fingerprint density at radius 2 is 1.39 bits per heavy atom. The number of nitrogens with one attached hydrogen (secondary N) is 2. The predicted molar refractivity (Wildman–Crippen MR) is 197 cm³/mol. The number of carbonyl (C=O) groups excluding carboxylic acids is 3. The molecule has 0 fully saturated rings. The number of hydrogen-bond acceptors (Lipinski definition) is 10. The summed E-state index contributed by atoms with van der Waals surface area (Å²) in [5.41, 5.74) is 4.99. The van der Waals surface area contributed by atoms with Crippen LogP contribution in [-0.2, 0) is 4.79 Å². The maximum Gasteiger partial charge on any atom is 0.343 e. The maximum atomic E-state index is 13.4. The molecule has 12 nitrogen and oxygen atoms in total. The fourth-order valence-electron chi connectivity index (χ4n) is 4.96. The van der Waals surface area contributed by atoms with Crippen molar-refractivity contribution in [1.82, 2.24) is 10.7 Å². The van der Waals surface area contributed by atoms with Crippen molar-refractivity contribution in [3.05, 3.63) is 112 Å². The zero-order valence-corrected chi connectivity index (χ0v) is 29.9. The number of hydrazone groups is 1. The lowest BCUT2D eigenvalue weighted by Crippen LogP contribution is -2.33.